The highest BCUT2D eigenvalue weighted by atomic mass is 32.2. The van der Waals surface area contributed by atoms with Crippen molar-refractivity contribution in [1.82, 2.24) is 8.87 Å². The molecule has 1 saturated heterocycles. The van der Waals surface area contributed by atoms with E-state index in [-0.39, 0.29) is 17.1 Å². The molecule has 1 aromatic heterocycles. The summed E-state index contributed by atoms with van der Waals surface area (Å²) in [5.41, 5.74) is 3.69. The van der Waals surface area contributed by atoms with Crippen LogP contribution >= 0.6 is 11.3 Å². The summed E-state index contributed by atoms with van der Waals surface area (Å²) >= 11 is 1.47. The van der Waals surface area contributed by atoms with Crippen LogP contribution in [-0.4, -0.2) is 48.5 Å². The van der Waals surface area contributed by atoms with Crippen LogP contribution in [0.15, 0.2) is 46.3 Å². The molecule has 2 atom stereocenters. The smallest absolute Gasteiger partial charge is 0.279 e. The van der Waals surface area contributed by atoms with Gasteiger partial charge in [0.1, 0.15) is 0 Å². The molecule has 7 nitrogen and oxygen atoms in total. The molecule has 4 rings (SSSR count). The van der Waals surface area contributed by atoms with E-state index in [0.717, 1.165) is 21.3 Å². The minimum atomic E-state index is -3.65. The molecule has 9 heteroatoms. The first-order valence-corrected chi connectivity index (χ1v) is 12.7. The normalized spacial score (nSPS) is 20.7. The van der Waals surface area contributed by atoms with Crippen LogP contribution in [0, 0.1) is 13.8 Å². The van der Waals surface area contributed by atoms with Crippen LogP contribution in [0.4, 0.5) is 0 Å². The molecule has 170 valence electrons. The Morgan fingerprint density at radius 2 is 1.72 bits per heavy atom. The molecule has 0 radical (unpaired) electrons. The van der Waals surface area contributed by atoms with Gasteiger partial charge >= 0.3 is 0 Å². The number of benzene rings is 2. The van der Waals surface area contributed by atoms with Gasteiger partial charge in [-0.05, 0) is 69.2 Å². The van der Waals surface area contributed by atoms with Crippen molar-refractivity contribution in [3.63, 3.8) is 0 Å². The van der Waals surface area contributed by atoms with Crippen molar-refractivity contribution in [1.29, 1.82) is 0 Å². The van der Waals surface area contributed by atoms with E-state index in [0.29, 0.717) is 23.5 Å². The van der Waals surface area contributed by atoms with Crippen LogP contribution in [0.5, 0.6) is 0 Å². The van der Waals surface area contributed by atoms with Gasteiger partial charge in [0.05, 0.1) is 27.3 Å². The lowest BCUT2D eigenvalue weighted by atomic mass is 10.1. The second-order valence-corrected chi connectivity index (χ2v) is 11.3. The van der Waals surface area contributed by atoms with Crippen LogP contribution in [-0.2, 0) is 21.8 Å². The van der Waals surface area contributed by atoms with Crippen LogP contribution < -0.4 is 4.80 Å². The van der Waals surface area contributed by atoms with Gasteiger partial charge in [0, 0.05) is 25.7 Å². The highest BCUT2D eigenvalue weighted by molar-refractivity contribution is 7.89. The third-order valence-corrected chi connectivity index (χ3v) is 8.69. The van der Waals surface area contributed by atoms with E-state index in [9.17, 15) is 13.2 Å². The molecule has 0 saturated carbocycles. The number of fused-ring (bicyclic) bond motifs is 1. The van der Waals surface area contributed by atoms with E-state index < -0.39 is 15.9 Å². The largest absolute Gasteiger partial charge is 0.373 e. The molecule has 0 N–H and O–H groups in total. The second kappa shape index (κ2) is 8.55. The number of nitrogens with zero attached hydrogens (tertiary/aromatic N) is 3. The van der Waals surface area contributed by atoms with E-state index >= 15 is 0 Å². The Kier molecular flexibility index (Phi) is 6.10. The van der Waals surface area contributed by atoms with E-state index in [1.165, 1.54) is 39.9 Å². The number of amides is 1. The maximum absolute atomic E-state index is 13.0. The van der Waals surface area contributed by atoms with Gasteiger partial charge in [0.25, 0.3) is 5.91 Å². The Balaban J connectivity index is 1.62. The fourth-order valence-electron chi connectivity index (χ4n) is 4.07. The molecule has 1 amide bonds. The molecule has 1 fully saturated rings. The van der Waals surface area contributed by atoms with Crippen LogP contribution in [0.1, 0.15) is 35.3 Å². The molecule has 0 spiro atoms. The third kappa shape index (κ3) is 4.30. The molecule has 0 unspecified atom stereocenters. The van der Waals surface area contributed by atoms with Crippen molar-refractivity contribution >= 4 is 37.5 Å². The molecule has 32 heavy (non-hydrogen) atoms. The molecule has 0 bridgehead atoms. The van der Waals surface area contributed by atoms with Gasteiger partial charge in [-0.25, -0.2) is 8.42 Å². The summed E-state index contributed by atoms with van der Waals surface area (Å²) in [6.45, 7) is 8.43. The average molecular weight is 474 g/mol. The molecule has 3 aromatic rings. The Bertz CT molecular complexity index is 1340. The number of aromatic nitrogens is 1. The number of carbonyl (C=O) groups excluding carboxylic acids is 1. The summed E-state index contributed by atoms with van der Waals surface area (Å²) < 4.78 is 36.1. The highest BCUT2D eigenvalue weighted by Crippen LogP contribution is 2.24. The zero-order valence-electron chi connectivity index (χ0n) is 18.8. The van der Waals surface area contributed by atoms with Crippen molar-refractivity contribution < 1.29 is 17.9 Å². The zero-order chi connectivity index (χ0) is 23.2. The molecular formula is C23H27N3O4S2. The molecule has 2 heterocycles. The minimum absolute atomic E-state index is 0.161. The molecule has 1 aliphatic rings. The fourth-order valence-corrected chi connectivity index (χ4v) is 6.73. The quantitative estimate of drug-likeness (QED) is 0.584. The number of carbonyl (C=O) groups is 1. The third-order valence-electron chi connectivity index (χ3n) is 5.56. The van der Waals surface area contributed by atoms with Crippen molar-refractivity contribution in [3.8, 4) is 0 Å². The highest BCUT2D eigenvalue weighted by Gasteiger charge is 2.32. The topological polar surface area (TPSA) is 81.0 Å². The Morgan fingerprint density at radius 3 is 2.34 bits per heavy atom. The standard InChI is InChI=1S/C23H27N3O4S2/c1-14-10-15(2)21-20(11-14)25(5)23(31-21)24-22(27)18-6-8-19(9-7-18)32(28,29)26-12-16(3)30-17(4)13-26/h6-11,16-17H,12-13H2,1-5H3/t16-,17-/m0/s1. The van der Waals surface area contributed by atoms with Gasteiger partial charge in [-0.15, -0.1) is 0 Å². The number of rotatable bonds is 3. The van der Waals surface area contributed by atoms with Gasteiger partial charge in [0.15, 0.2) is 4.80 Å². The van der Waals surface area contributed by atoms with Crippen molar-refractivity contribution in [2.45, 2.75) is 44.8 Å². The average Bonchev–Trinajstić information content (AvgIpc) is 3.03. The number of aryl methyl sites for hydroxylation is 3. The van der Waals surface area contributed by atoms with Crippen molar-refractivity contribution in [2.24, 2.45) is 12.0 Å². The SMILES string of the molecule is Cc1cc(C)c2sc(=NC(=O)c3ccc(S(=O)(=O)N4C[C@H](C)O[C@@H](C)C4)cc3)n(C)c2c1. The summed E-state index contributed by atoms with van der Waals surface area (Å²) in [5.74, 6) is -0.404. The number of sulfonamides is 1. The number of hydrogen-bond acceptors (Lipinski definition) is 5. The molecular weight excluding hydrogens is 446 g/mol. The lowest BCUT2D eigenvalue weighted by Gasteiger charge is -2.34. The van der Waals surface area contributed by atoms with Crippen LogP contribution in [0.3, 0.4) is 0 Å². The fraction of sp³-hybridized carbons (Fsp3) is 0.391. The Morgan fingerprint density at radius 1 is 1.09 bits per heavy atom. The van der Waals surface area contributed by atoms with Crippen LogP contribution in [0.2, 0.25) is 0 Å². The summed E-state index contributed by atoms with van der Waals surface area (Å²) in [5, 5.41) is 0. The number of morpholine rings is 1. The van der Waals surface area contributed by atoms with Gasteiger partial charge in [-0.3, -0.25) is 4.79 Å². The Labute approximate surface area is 192 Å². The summed E-state index contributed by atoms with van der Waals surface area (Å²) in [7, 11) is -1.76. The van der Waals surface area contributed by atoms with E-state index in [1.54, 1.807) is 0 Å². The van der Waals surface area contributed by atoms with Gasteiger partial charge in [-0.2, -0.15) is 9.30 Å². The first-order chi connectivity index (χ1) is 15.1. The first kappa shape index (κ1) is 22.8. The van der Waals surface area contributed by atoms with Gasteiger partial charge in [-0.1, -0.05) is 17.4 Å². The molecule has 1 aliphatic heterocycles. The Hall–Kier alpha value is -2.33. The zero-order valence-corrected chi connectivity index (χ0v) is 20.5. The molecule has 2 aromatic carbocycles. The minimum Gasteiger partial charge on any atom is -0.373 e. The molecule has 0 aliphatic carbocycles. The maximum atomic E-state index is 13.0. The predicted molar refractivity (Wildman–Crippen MR) is 125 cm³/mol. The van der Waals surface area contributed by atoms with E-state index in [1.807, 2.05) is 39.3 Å². The summed E-state index contributed by atoms with van der Waals surface area (Å²) in [4.78, 5) is 17.9. The first-order valence-electron chi connectivity index (χ1n) is 10.5. The maximum Gasteiger partial charge on any atom is 0.279 e. The number of thiazole rings is 1. The van der Waals surface area contributed by atoms with Crippen molar-refractivity contribution in [3.05, 3.63) is 57.9 Å². The van der Waals surface area contributed by atoms with Gasteiger partial charge < -0.3 is 9.30 Å². The summed E-state index contributed by atoms with van der Waals surface area (Å²) in [6, 6.07) is 10.2. The van der Waals surface area contributed by atoms with Crippen LogP contribution in [0.25, 0.3) is 10.2 Å². The predicted octanol–water partition coefficient (Wildman–Crippen LogP) is 3.40. The van der Waals surface area contributed by atoms with Crippen molar-refractivity contribution in [2.75, 3.05) is 13.1 Å². The number of hydrogen-bond donors (Lipinski definition) is 0. The second-order valence-electron chi connectivity index (χ2n) is 8.39. The number of ether oxygens (including phenoxy) is 1. The monoisotopic (exact) mass is 473 g/mol. The van der Waals surface area contributed by atoms with E-state index in [4.69, 9.17) is 4.74 Å². The van der Waals surface area contributed by atoms with E-state index in [2.05, 4.69) is 17.1 Å². The lowest BCUT2D eigenvalue weighted by Crippen LogP contribution is -2.48. The summed E-state index contributed by atoms with van der Waals surface area (Å²) in [6.07, 6.45) is -0.328. The van der Waals surface area contributed by atoms with Gasteiger partial charge in [0.2, 0.25) is 10.0 Å². The lowest BCUT2D eigenvalue weighted by molar-refractivity contribution is -0.0440.